The zero-order valence-corrected chi connectivity index (χ0v) is 22.0. The Bertz CT molecular complexity index is 1370. The number of sulfonamides is 1. The molecule has 2 saturated heterocycles. The third kappa shape index (κ3) is 5.72. The van der Waals surface area contributed by atoms with Gasteiger partial charge in [0, 0.05) is 38.1 Å². The van der Waals surface area contributed by atoms with Gasteiger partial charge in [-0.1, -0.05) is 18.6 Å². The number of methoxy groups -OCH3 is 1. The molecule has 196 valence electrons. The molecule has 0 saturated carbocycles. The number of rotatable bonds is 7. The molecule has 1 N–H and O–H groups in total. The van der Waals surface area contributed by atoms with Gasteiger partial charge in [-0.3, -0.25) is 4.79 Å². The first kappa shape index (κ1) is 25.5. The van der Waals surface area contributed by atoms with Crippen molar-refractivity contribution >= 4 is 32.7 Å². The van der Waals surface area contributed by atoms with Gasteiger partial charge in [-0.2, -0.15) is 4.31 Å². The van der Waals surface area contributed by atoms with Crippen molar-refractivity contribution in [2.75, 3.05) is 38.2 Å². The van der Waals surface area contributed by atoms with E-state index in [0.29, 0.717) is 31.1 Å². The van der Waals surface area contributed by atoms with Gasteiger partial charge in [0.25, 0.3) is 0 Å². The fourth-order valence-corrected chi connectivity index (χ4v) is 6.75. The summed E-state index contributed by atoms with van der Waals surface area (Å²) in [5, 5.41) is 3.86. The maximum Gasteiger partial charge on any atom is 0.243 e. The lowest BCUT2D eigenvalue weighted by atomic mass is 9.97. The van der Waals surface area contributed by atoms with E-state index in [0.717, 1.165) is 66.7 Å². The fraction of sp³-hybridized carbons (Fsp3) is 0.429. The maximum absolute atomic E-state index is 13.1. The van der Waals surface area contributed by atoms with Crippen LogP contribution in [0.5, 0.6) is 5.75 Å². The third-order valence-corrected chi connectivity index (χ3v) is 9.21. The van der Waals surface area contributed by atoms with Crippen LogP contribution in [0.4, 0.5) is 5.82 Å². The number of ether oxygens (including phenoxy) is 1. The van der Waals surface area contributed by atoms with Gasteiger partial charge in [-0.15, -0.1) is 0 Å². The highest BCUT2D eigenvalue weighted by molar-refractivity contribution is 7.89. The van der Waals surface area contributed by atoms with E-state index in [9.17, 15) is 13.2 Å². The fourth-order valence-electron chi connectivity index (χ4n) is 5.20. The van der Waals surface area contributed by atoms with Crippen molar-refractivity contribution in [3.8, 4) is 5.75 Å². The molecule has 3 heterocycles. The lowest BCUT2D eigenvalue weighted by Gasteiger charge is -2.33. The summed E-state index contributed by atoms with van der Waals surface area (Å²) in [5.41, 5.74) is 1.75. The van der Waals surface area contributed by atoms with Gasteiger partial charge < -0.3 is 15.0 Å². The summed E-state index contributed by atoms with van der Waals surface area (Å²) in [6, 6.07) is 16.7. The molecule has 3 aromatic rings. The van der Waals surface area contributed by atoms with E-state index in [-0.39, 0.29) is 11.8 Å². The Labute approximate surface area is 218 Å². The van der Waals surface area contributed by atoms with Gasteiger partial charge in [-0.25, -0.2) is 13.4 Å². The largest absolute Gasteiger partial charge is 0.497 e. The number of nitrogens with zero attached hydrogens (tertiary/aromatic N) is 3. The van der Waals surface area contributed by atoms with Crippen molar-refractivity contribution in [1.29, 1.82) is 0 Å². The van der Waals surface area contributed by atoms with Gasteiger partial charge in [-0.05, 0) is 73.7 Å². The number of amides is 1. The molecule has 0 bridgehead atoms. The minimum atomic E-state index is -3.49. The van der Waals surface area contributed by atoms with E-state index >= 15 is 0 Å². The Morgan fingerprint density at radius 2 is 1.86 bits per heavy atom. The van der Waals surface area contributed by atoms with Crippen LogP contribution < -0.4 is 15.0 Å². The number of carbonyl (C=O) groups excluding carboxylic acids is 1. The lowest BCUT2D eigenvalue weighted by molar-refractivity contribution is -0.125. The van der Waals surface area contributed by atoms with Crippen LogP contribution in [-0.2, 0) is 21.4 Å². The van der Waals surface area contributed by atoms with Gasteiger partial charge >= 0.3 is 0 Å². The van der Waals surface area contributed by atoms with Crippen molar-refractivity contribution in [1.82, 2.24) is 14.6 Å². The van der Waals surface area contributed by atoms with E-state index in [4.69, 9.17) is 9.72 Å². The second-order valence-electron chi connectivity index (χ2n) is 9.84. The summed E-state index contributed by atoms with van der Waals surface area (Å²) >= 11 is 0. The smallest absolute Gasteiger partial charge is 0.243 e. The minimum Gasteiger partial charge on any atom is -0.497 e. The number of carbonyl (C=O) groups is 1. The van der Waals surface area contributed by atoms with Gasteiger partial charge in [0.15, 0.2) is 0 Å². The molecule has 5 rings (SSSR count). The number of anilines is 1. The van der Waals surface area contributed by atoms with E-state index in [1.54, 1.807) is 29.6 Å². The number of hydrogen-bond acceptors (Lipinski definition) is 6. The van der Waals surface area contributed by atoms with Crippen molar-refractivity contribution in [2.45, 2.75) is 43.5 Å². The lowest BCUT2D eigenvalue weighted by Crippen LogP contribution is -2.43. The number of fused-ring (bicyclic) bond motifs is 1. The molecule has 0 aliphatic carbocycles. The van der Waals surface area contributed by atoms with Crippen molar-refractivity contribution in [2.24, 2.45) is 5.92 Å². The molecule has 2 fully saturated rings. The predicted octanol–water partition coefficient (Wildman–Crippen LogP) is 3.95. The third-order valence-electron chi connectivity index (χ3n) is 7.32. The number of hydrogen-bond donors (Lipinski definition) is 1. The number of nitrogens with one attached hydrogen (secondary N) is 1. The molecule has 2 aliphatic rings. The van der Waals surface area contributed by atoms with Crippen LogP contribution in [0.25, 0.3) is 10.9 Å². The molecular formula is C28H34N4O4S. The second kappa shape index (κ2) is 11.1. The van der Waals surface area contributed by atoms with Crippen LogP contribution in [0.3, 0.4) is 0 Å². The Kier molecular flexibility index (Phi) is 7.62. The molecule has 0 spiro atoms. The number of piperidine rings is 2. The summed E-state index contributed by atoms with van der Waals surface area (Å²) in [7, 11) is -1.86. The number of aromatic nitrogens is 1. The first-order valence-corrected chi connectivity index (χ1v) is 14.4. The molecule has 2 aliphatic heterocycles. The second-order valence-corrected chi connectivity index (χ2v) is 11.8. The topological polar surface area (TPSA) is 91.8 Å². The number of pyridine rings is 1. The predicted molar refractivity (Wildman–Crippen MR) is 144 cm³/mol. The Hall–Kier alpha value is -3.17. The van der Waals surface area contributed by atoms with E-state index in [1.807, 2.05) is 36.4 Å². The summed E-state index contributed by atoms with van der Waals surface area (Å²) in [5.74, 6) is 1.51. The number of benzene rings is 2. The van der Waals surface area contributed by atoms with Crippen LogP contribution in [0, 0.1) is 5.92 Å². The molecule has 37 heavy (non-hydrogen) atoms. The first-order chi connectivity index (χ1) is 17.9. The first-order valence-electron chi connectivity index (χ1n) is 13.0. The Morgan fingerprint density at radius 1 is 1.03 bits per heavy atom. The van der Waals surface area contributed by atoms with E-state index < -0.39 is 10.0 Å². The van der Waals surface area contributed by atoms with Crippen LogP contribution in [0.2, 0.25) is 0 Å². The van der Waals surface area contributed by atoms with Crippen molar-refractivity contribution < 1.29 is 17.9 Å². The van der Waals surface area contributed by atoms with Gasteiger partial charge in [0.05, 0.1) is 23.4 Å². The normalized spacial score (nSPS) is 19.1. The molecule has 1 aromatic heterocycles. The minimum absolute atomic E-state index is 0.0425. The summed E-state index contributed by atoms with van der Waals surface area (Å²) in [6.07, 6.45) is 4.65. The van der Waals surface area contributed by atoms with Gasteiger partial charge in [0.2, 0.25) is 15.9 Å². The summed E-state index contributed by atoms with van der Waals surface area (Å²) < 4.78 is 33.0. The standard InChI is InChI=1S/C28H34N4O4S/c1-36-24-9-5-7-21(17-24)19-29-28(33)23-8-6-14-31(20-23)27-13-10-22-18-25(11-12-26(22)30-27)37(34,35)32-15-3-2-4-16-32/h5,7,9-13,17-18,23H,2-4,6,8,14-16,19-20H2,1H3,(H,29,33). The van der Waals surface area contributed by atoms with Crippen molar-refractivity contribution in [3.63, 3.8) is 0 Å². The quantitative estimate of drug-likeness (QED) is 0.505. The summed E-state index contributed by atoms with van der Waals surface area (Å²) in [6.45, 7) is 3.06. The van der Waals surface area contributed by atoms with Crippen molar-refractivity contribution in [3.05, 3.63) is 60.2 Å². The molecule has 1 atom stereocenters. The zero-order chi connectivity index (χ0) is 25.8. The van der Waals surface area contributed by atoms with E-state index in [1.165, 1.54) is 0 Å². The highest BCUT2D eigenvalue weighted by atomic mass is 32.2. The summed E-state index contributed by atoms with van der Waals surface area (Å²) in [4.78, 5) is 20.2. The highest BCUT2D eigenvalue weighted by Crippen LogP contribution is 2.27. The molecule has 2 aromatic carbocycles. The van der Waals surface area contributed by atoms with E-state index in [2.05, 4.69) is 10.2 Å². The van der Waals surface area contributed by atoms with Crippen LogP contribution in [0.1, 0.15) is 37.7 Å². The maximum atomic E-state index is 13.1. The van der Waals surface area contributed by atoms with Crippen LogP contribution in [0.15, 0.2) is 59.5 Å². The zero-order valence-electron chi connectivity index (χ0n) is 21.2. The molecule has 1 unspecified atom stereocenters. The molecule has 9 heteroatoms. The molecular weight excluding hydrogens is 488 g/mol. The molecule has 8 nitrogen and oxygen atoms in total. The van der Waals surface area contributed by atoms with Crippen LogP contribution in [-0.4, -0.2) is 56.9 Å². The molecule has 0 radical (unpaired) electrons. The highest BCUT2D eigenvalue weighted by Gasteiger charge is 2.28. The van der Waals surface area contributed by atoms with Crippen LogP contribution >= 0.6 is 0 Å². The van der Waals surface area contributed by atoms with Gasteiger partial charge in [0.1, 0.15) is 11.6 Å². The Balaban J connectivity index is 1.26. The SMILES string of the molecule is COc1cccc(CNC(=O)C2CCCN(c3ccc4cc(S(=O)(=O)N5CCCCC5)ccc4n3)C2)c1. The average Bonchev–Trinajstić information content (AvgIpc) is 2.96. The monoisotopic (exact) mass is 522 g/mol. The average molecular weight is 523 g/mol. The molecule has 1 amide bonds. The Morgan fingerprint density at radius 3 is 2.68 bits per heavy atom.